The Morgan fingerprint density at radius 2 is 1.28 bits per heavy atom. The second-order valence-corrected chi connectivity index (χ2v) is 16.1. The zero-order chi connectivity index (χ0) is 47.5. The number of hydrogen-bond donors (Lipinski definition) is 13. The van der Waals surface area contributed by atoms with Crippen molar-refractivity contribution in [3.63, 3.8) is 0 Å². The van der Waals surface area contributed by atoms with E-state index in [0.29, 0.717) is 38.6 Å². The van der Waals surface area contributed by atoms with Crippen molar-refractivity contribution in [1.82, 2.24) is 47.0 Å². The highest BCUT2D eigenvalue weighted by atomic mass is 32.1. The quantitative estimate of drug-likeness (QED) is 0.0284. The molecule has 3 saturated heterocycles. The molecule has 3 fully saturated rings. The van der Waals surface area contributed by atoms with Crippen LogP contribution in [0, 0.1) is 0 Å². The molecule has 64 heavy (non-hydrogen) atoms. The van der Waals surface area contributed by atoms with Crippen LogP contribution < -0.4 is 48.7 Å². The summed E-state index contributed by atoms with van der Waals surface area (Å²) in [4.78, 5) is 144. The number of carbonyl (C=O) groups excluding carboxylic acids is 9. The Labute approximate surface area is 374 Å². The van der Waals surface area contributed by atoms with Crippen molar-refractivity contribution in [1.29, 1.82) is 0 Å². The molecule has 0 aromatic heterocycles. The lowest BCUT2D eigenvalue weighted by atomic mass is 10.1. The molecule has 0 aromatic carbocycles. The second kappa shape index (κ2) is 26.3. The fraction of sp³-hybridized carbons (Fsp3) is 0.711. The molecule has 8 atom stereocenters. The third-order valence-electron chi connectivity index (χ3n) is 11.0. The molecule has 0 spiro atoms. The predicted molar refractivity (Wildman–Crippen MR) is 225 cm³/mol. The predicted octanol–water partition coefficient (Wildman–Crippen LogP) is -5.86. The van der Waals surface area contributed by atoms with Crippen molar-refractivity contribution in [2.75, 3.05) is 45.1 Å². The van der Waals surface area contributed by atoms with E-state index in [0.717, 1.165) is 11.3 Å². The average molecular weight is 928 g/mol. The molecule has 0 aromatic rings. The van der Waals surface area contributed by atoms with Gasteiger partial charge in [-0.15, -0.1) is 0 Å². The summed E-state index contributed by atoms with van der Waals surface area (Å²) in [5, 5.41) is 45.5. The van der Waals surface area contributed by atoms with Gasteiger partial charge in [0.2, 0.25) is 53.2 Å². The zero-order valence-electron chi connectivity index (χ0n) is 35.4. The molecular weight excluding hydrogens is 867 g/mol. The number of carboxylic acid groups (broad SMARTS) is 2. The number of thiol groups is 1. The summed E-state index contributed by atoms with van der Waals surface area (Å²) in [6, 6.07) is -9.92. The molecule has 26 heteroatoms. The van der Waals surface area contributed by atoms with Crippen LogP contribution in [0.15, 0.2) is 0 Å². The minimum Gasteiger partial charge on any atom is -0.481 e. The highest BCUT2D eigenvalue weighted by Crippen LogP contribution is 2.21. The molecule has 8 unspecified atom stereocenters. The molecule has 25 nitrogen and oxygen atoms in total. The van der Waals surface area contributed by atoms with Crippen molar-refractivity contribution in [2.45, 2.75) is 125 Å². The van der Waals surface area contributed by atoms with Crippen LogP contribution in [0.3, 0.4) is 0 Å². The summed E-state index contributed by atoms with van der Waals surface area (Å²) in [5.74, 6) is -10.3. The van der Waals surface area contributed by atoms with Crippen LogP contribution in [-0.2, 0) is 52.7 Å². The number of unbranched alkanes of at least 4 members (excludes halogenated alkanes) is 1. The molecule has 3 heterocycles. The summed E-state index contributed by atoms with van der Waals surface area (Å²) < 4.78 is 0. The van der Waals surface area contributed by atoms with E-state index in [4.69, 9.17) is 11.5 Å². The van der Waals surface area contributed by atoms with Crippen LogP contribution in [0.25, 0.3) is 0 Å². The number of aliphatic hydroxyl groups is 1. The van der Waals surface area contributed by atoms with E-state index < -0.39 is 134 Å². The smallest absolute Gasteiger partial charge is 0.328 e. The van der Waals surface area contributed by atoms with E-state index in [9.17, 15) is 68.1 Å². The van der Waals surface area contributed by atoms with Crippen molar-refractivity contribution in [3.05, 3.63) is 0 Å². The molecule has 0 radical (unpaired) electrons. The maximum absolute atomic E-state index is 13.7. The third kappa shape index (κ3) is 15.9. The van der Waals surface area contributed by atoms with Crippen LogP contribution in [0.2, 0.25) is 0 Å². The largest absolute Gasteiger partial charge is 0.481 e. The molecule has 0 bridgehead atoms. The summed E-state index contributed by atoms with van der Waals surface area (Å²) >= 11 is 4.25. The van der Waals surface area contributed by atoms with Gasteiger partial charge in [-0.05, 0) is 77.3 Å². The molecule has 14 N–H and O–H groups in total. The van der Waals surface area contributed by atoms with Crippen molar-refractivity contribution in [2.24, 2.45) is 11.5 Å². The lowest BCUT2D eigenvalue weighted by molar-refractivity contribution is -0.145. The van der Waals surface area contributed by atoms with Gasteiger partial charge in [0.1, 0.15) is 42.3 Å². The summed E-state index contributed by atoms with van der Waals surface area (Å²) in [6.07, 6.45) is 1.59. The van der Waals surface area contributed by atoms with Gasteiger partial charge in [-0.2, -0.15) is 12.6 Å². The maximum Gasteiger partial charge on any atom is 0.328 e. The Morgan fingerprint density at radius 1 is 0.688 bits per heavy atom. The van der Waals surface area contributed by atoms with E-state index in [1.54, 1.807) is 0 Å². The maximum atomic E-state index is 13.7. The van der Waals surface area contributed by atoms with Gasteiger partial charge in [0.15, 0.2) is 0 Å². The number of carboxylic acids is 2. The summed E-state index contributed by atoms with van der Waals surface area (Å²) in [5.41, 5.74) is 10.9. The van der Waals surface area contributed by atoms with Gasteiger partial charge in [0.05, 0.1) is 25.6 Å². The van der Waals surface area contributed by atoms with Crippen molar-refractivity contribution >= 4 is 77.7 Å². The number of aliphatic hydroxyl groups excluding tert-OH is 1. The van der Waals surface area contributed by atoms with Gasteiger partial charge in [0.25, 0.3) is 0 Å². The first-order valence-electron chi connectivity index (χ1n) is 21.2. The fourth-order valence-electron chi connectivity index (χ4n) is 7.59. The van der Waals surface area contributed by atoms with Gasteiger partial charge in [0, 0.05) is 25.3 Å². The van der Waals surface area contributed by atoms with Crippen molar-refractivity contribution < 1.29 is 68.1 Å². The van der Waals surface area contributed by atoms with Crippen molar-refractivity contribution in [3.8, 4) is 0 Å². The summed E-state index contributed by atoms with van der Waals surface area (Å²) in [7, 11) is 0. The Hall–Kier alpha value is -5.60. The summed E-state index contributed by atoms with van der Waals surface area (Å²) in [6.45, 7) is -0.672. The van der Waals surface area contributed by atoms with E-state index >= 15 is 0 Å². The highest BCUT2D eigenvalue weighted by molar-refractivity contribution is 7.80. The fourth-order valence-corrected chi connectivity index (χ4v) is 7.84. The Kier molecular flexibility index (Phi) is 21.6. The number of rotatable bonds is 26. The van der Waals surface area contributed by atoms with E-state index in [2.05, 4.69) is 49.8 Å². The Balaban J connectivity index is 1.68. The monoisotopic (exact) mass is 927 g/mol. The molecule has 358 valence electrons. The van der Waals surface area contributed by atoms with E-state index in [1.165, 1.54) is 4.90 Å². The Morgan fingerprint density at radius 3 is 1.80 bits per heavy atom. The van der Waals surface area contributed by atoms with Gasteiger partial charge in [-0.3, -0.25) is 47.9 Å². The minimum atomic E-state index is -1.78. The zero-order valence-corrected chi connectivity index (χ0v) is 36.3. The standard InChI is InChI=1S/C38H61N11O14S/c39-12-2-1-6-21(44-34(58)26-8-5-15-49(26)37(61)25(19-64)47-32(56)20-7-3-13-41-20)33(57)45-23(16-30(53)54)31(55)42-17-29(52)43-22(10-11-28(40)51)36(60)48-14-4-9-27(48)35(59)46-24(18-50)38(62)63/h20-27,41,50,64H,1-19,39H2,(H2,40,51)(H,42,55)(H,43,52)(H,44,58)(H,45,57)(H,46,59)(H,47,56)(H,53,54)(H,62,63). The number of likely N-dealkylation sites (tertiary alicyclic amines) is 2. The topological polar surface area (TPSA) is 391 Å². The first-order valence-corrected chi connectivity index (χ1v) is 21.8. The molecular formula is C38H61N11O14S. The number of carbonyl (C=O) groups is 11. The number of hydrogen-bond acceptors (Lipinski definition) is 15. The second-order valence-electron chi connectivity index (χ2n) is 15.7. The molecule has 3 rings (SSSR count). The molecule has 9 amide bonds. The number of nitrogens with two attached hydrogens (primary N) is 2. The highest BCUT2D eigenvalue weighted by Gasteiger charge is 2.41. The van der Waals surface area contributed by atoms with Gasteiger partial charge < -0.3 is 73.8 Å². The van der Waals surface area contributed by atoms with Gasteiger partial charge in [-0.1, -0.05) is 0 Å². The van der Waals surface area contributed by atoms with Crippen LogP contribution in [-0.4, -0.2) is 184 Å². The molecule has 3 aliphatic rings. The van der Waals surface area contributed by atoms with Crippen LogP contribution in [0.4, 0.5) is 0 Å². The normalized spacial score (nSPS) is 20.5. The van der Waals surface area contributed by atoms with Crippen LogP contribution in [0.1, 0.15) is 77.0 Å². The van der Waals surface area contributed by atoms with Gasteiger partial charge >= 0.3 is 11.9 Å². The van der Waals surface area contributed by atoms with E-state index in [1.807, 2.05) is 0 Å². The number of amides is 9. The molecule has 3 aliphatic heterocycles. The first kappa shape index (κ1) is 52.7. The molecule has 0 saturated carbocycles. The SMILES string of the molecule is NCCCCC(NC(=O)C1CCCN1C(=O)C(CS)NC(=O)C1CCCN1)C(=O)NC(CC(=O)O)C(=O)NCC(=O)NC(CCC(N)=O)C(=O)N1CCCC1C(=O)NC(CO)C(=O)O. The molecule has 0 aliphatic carbocycles. The number of aliphatic carboxylic acids is 2. The van der Waals surface area contributed by atoms with E-state index in [-0.39, 0.29) is 57.0 Å². The first-order chi connectivity index (χ1) is 30.4. The van der Waals surface area contributed by atoms with Crippen LogP contribution >= 0.6 is 12.6 Å². The average Bonchev–Trinajstić information content (AvgIpc) is 4.07. The number of nitrogens with one attached hydrogen (secondary N) is 7. The number of primary amides is 1. The lowest BCUT2D eigenvalue weighted by Crippen LogP contribution is -2.59. The van der Waals surface area contributed by atoms with Gasteiger partial charge in [-0.25, -0.2) is 4.79 Å². The number of nitrogens with zero attached hydrogens (tertiary/aromatic N) is 2. The Bertz CT molecular complexity index is 1730. The lowest BCUT2D eigenvalue weighted by Gasteiger charge is -2.30. The van der Waals surface area contributed by atoms with Crippen LogP contribution in [0.5, 0.6) is 0 Å². The third-order valence-corrected chi connectivity index (χ3v) is 11.3. The minimum absolute atomic E-state index is 0.00476.